The largest absolute Gasteiger partial charge is 0.481 e. The van der Waals surface area contributed by atoms with Gasteiger partial charge in [-0.1, -0.05) is 23.8 Å². The SMILES string of the molecule is CCOCCCNC(CC(=O)O)Cc1ccc(C)cc1C. The zero-order valence-corrected chi connectivity index (χ0v) is 13.3. The van der Waals surface area contributed by atoms with Crippen LogP contribution in [0.5, 0.6) is 0 Å². The lowest BCUT2D eigenvalue weighted by molar-refractivity contribution is -0.137. The van der Waals surface area contributed by atoms with Crippen LogP contribution >= 0.6 is 0 Å². The van der Waals surface area contributed by atoms with Crippen LogP contribution in [0.15, 0.2) is 18.2 Å². The van der Waals surface area contributed by atoms with Crippen molar-refractivity contribution in [2.24, 2.45) is 0 Å². The Morgan fingerprint density at radius 3 is 2.76 bits per heavy atom. The summed E-state index contributed by atoms with van der Waals surface area (Å²) in [6.45, 7) is 8.34. The molecule has 1 rings (SSSR count). The Kier molecular flexibility index (Phi) is 8.01. The van der Waals surface area contributed by atoms with Gasteiger partial charge in [-0.25, -0.2) is 0 Å². The molecule has 0 aliphatic carbocycles. The van der Waals surface area contributed by atoms with Crippen molar-refractivity contribution >= 4 is 5.97 Å². The first-order chi connectivity index (χ1) is 10.0. The molecule has 0 bridgehead atoms. The van der Waals surface area contributed by atoms with E-state index in [2.05, 4.69) is 37.4 Å². The molecule has 0 aliphatic heterocycles. The predicted octanol–water partition coefficient (Wildman–Crippen LogP) is 2.71. The molecular formula is C17H27NO3. The van der Waals surface area contributed by atoms with Gasteiger partial charge in [0.2, 0.25) is 0 Å². The number of carbonyl (C=O) groups is 1. The molecule has 0 heterocycles. The maximum atomic E-state index is 11.0. The molecule has 21 heavy (non-hydrogen) atoms. The van der Waals surface area contributed by atoms with Crippen LogP contribution in [0.4, 0.5) is 0 Å². The van der Waals surface area contributed by atoms with Crippen LogP contribution < -0.4 is 5.32 Å². The Bertz CT molecular complexity index is 446. The van der Waals surface area contributed by atoms with Gasteiger partial charge in [-0.15, -0.1) is 0 Å². The first-order valence-electron chi connectivity index (χ1n) is 7.62. The average Bonchev–Trinajstić information content (AvgIpc) is 2.41. The summed E-state index contributed by atoms with van der Waals surface area (Å²) in [5, 5.41) is 12.4. The molecule has 0 saturated heterocycles. The van der Waals surface area contributed by atoms with Crippen molar-refractivity contribution in [1.29, 1.82) is 0 Å². The Balaban J connectivity index is 2.54. The minimum atomic E-state index is -0.762. The Morgan fingerprint density at radius 2 is 2.14 bits per heavy atom. The predicted molar refractivity (Wildman–Crippen MR) is 84.8 cm³/mol. The summed E-state index contributed by atoms with van der Waals surface area (Å²) in [4.78, 5) is 11.0. The zero-order chi connectivity index (χ0) is 15.7. The van der Waals surface area contributed by atoms with E-state index in [-0.39, 0.29) is 12.5 Å². The number of carboxylic acids is 1. The van der Waals surface area contributed by atoms with E-state index in [9.17, 15) is 4.79 Å². The summed E-state index contributed by atoms with van der Waals surface area (Å²) < 4.78 is 5.29. The van der Waals surface area contributed by atoms with E-state index in [0.29, 0.717) is 6.61 Å². The summed E-state index contributed by atoms with van der Waals surface area (Å²) in [7, 11) is 0. The summed E-state index contributed by atoms with van der Waals surface area (Å²) in [6.07, 6.45) is 1.78. The van der Waals surface area contributed by atoms with Gasteiger partial charge in [0.25, 0.3) is 0 Å². The van der Waals surface area contributed by atoms with Crippen LogP contribution in [0, 0.1) is 13.8 Å². The molecule has 0 aliphatic rings. The lowest BCUT2D eigenvalue weighted by Crippen LogP contribution is -2.34. The molecule has 0 aromatic heterocycles. The summed E-state index contributed by atoms with van der Waals surface area (Å²) >= 11 is 0. The van der Waals surface area contributed by atoms with Gasteiger partial charge in [-0.05, 0) is 51.3 Å². The lowest BCUT2D eigenvalue weighted by atomic mass is 9.97. The highest BCUT2D eigenvalue weighted by Crippen LogP contribution is 2.14. The van der Waals surface area contributed by atoms with Gasteiger partial charge in [-0.3, -0.25) is 4.79 Å². The van der Waals surface area contributed by atoms with E-state index >= 15 is 0 Å². The maximum Gasteiger partial charge on any atom is 0.304 e. The van der Waals surface area contributed by atoms with Gasteiger partial charge >= 0.3 is 5.97 Å². The molecule has 118 valence electrons. The maximum absolute atomic E-state index is 11.0. The molecule has 4 nitrogen and oxygen atoms in total. The minimum absolute atomic E-state index is 0.0365. The number of ether oxygens (including phenoxy) is 1. The molecular weight excluding hydrogens is 266 g/mol. The fourth-order valence-electron chi connectivity index (χ4n) is 2.39. The van der Waals surface area contributed by atoms with Crippen LogP contribution in [-0.4, -0.2) is 36.9 Å². The Labute approximate surface area is 127 Å². The van der Waals surface area contributed by atoms with E-state index in [4.69, 9.17) is 9.84 Å². The third kappa shape index (κ3) is 7.25. The number of hydrogen-bond acceptors (Lipinski definition) is 3. The number of rotatable bonds is 10. The molecule has 1 aromatic carbocycles. The van der Waals surface area contributed by atoms with Crippen LogP contribution in [0.3, 0.4) is 0 Å². The van der Waals surface area contributed by atoms with E-state index < -0.39 is 5.97 Å². The summed E-state index contributed by atoms with van der Waals surface area (Å²) in [5.41, 5.74) is 3.67. The molecule has 0 radical (unpaired) electrons. The third-order valence-corrected chi connectivity index (χ3v) is 3.49. The van der Waals surface area contributed by atoms with Crippen molar-refractivity contribution in [3.8, 4) is 0 Å². The molecule has 4 heteroatoms. The second-order valence-electron chi connectivity index (χ2n) is 5.43. The van der Waals surface area contributed by atoms with Gasteiger partial charge in [-0.2, -0.15) is 0 Å². The fourth-order valence-corrected chi connectivity index (χ4v) is 2.39. The van der Waals surface area contributed by atoms with E-state index in [1.54, 1.807) is 0 Å². The number of hydrogen-bond donors (Lipinski definition) is 2. The number of aryl methyl sites for hydroxylation is 2. The highest BCUT2D eigenvalue weighted by molar-refractivity contribution is 5.67. The number of carboxylic acid groups (broad SMARTS) is 1. The first kappa shape index (κ1) is 17.7. The second kappa shape index (κ2) is 9.53. The van der Waals surface area contributed by atoms with E-state index in [1.807, 2.05) is 6.92 Å². The van der Waals surface area contributed by atoms with Gasteiger partial charge in [0, 0.05) is 19.3 Å². The number of benzene rings is 1. The van der Waals surface area contributed by atoms with E-state index in [0.717, 1.165) is 26.0 Å². The van der Waals surface area contributed by atoms with Gasteiger partial charge in [0.15, 0.2) is 0 Å². The first-order valence-corrected chi connectivity index (χ1v) is 7.62. The molecule has 0 amide bonds. The summed E-state index contributed by atoms with van der Waals surface area (Å²) in [6, 6.07) is 6.28. The quantitative estimate of drug-likeness (QED) is 0.651. The highest BCUT2D eigenvalue weighted by atomic mass is 16.5. The van der Waals surface area contributed by atoms with Crippen molar-refractivity contribution in [2.75, 3.05) is 19.8 Å². The van der Waals surface area contributed by atoms with Crippen molar-refractivity contribution < 1.29 is 14.6 Å². The van der Waals surface area contributed by atoms with Crippen LogP contribution in [-0.2, 0) is 16.0 Å². The highest BCUT2D eigenvalue weighted by Gasteiger charge is 2.14. The average molecular weight is 293 g/mol. The standard InChI is InChI=1S/C17H27NO3/c1-4-21-9-5-8-18-16(12-17(19)20)11-15-7-6-13(2)10-14(15)3/h6-7,10,16,18H,4-5,8-9,11-12H2,1-3H3,(H,19,20). The van der Waals surface area contributed by atoms with Crippen LogP contribution in [0.2, 0.25) is 0 Å². The molecule has 1 aromatic rings. The van der Waals surface area contributed by atoms with E-state index in [1.165, 1.54) is 16.7 Å². The normalized spacial score (nSPS) is 12.3. The topological polar surface area (TPSA) is 58.6 Å². The lowest BCUT2D eigenvalue weighted by Gasteiger charge is -2.18. The smallest absolute Gasteiger partial charge is 0.304 e. The monoisotopic (exact) mass is 293 g/mol. The van der Waals surface area contributed by atoms with Crippen molar-refractivity contribution in [2.45, 2.75) is 46.1 Å². The zero-order valence-electron chi connectivity index (χ0n) is 13.3. The van der Waals surface area contributed by atoms with Crippen molar-refractivity contribution in [3.63, 3.8) is 0 Å². The molecule has 0 saturated carbocycles. The van der Waals surface area contributed by atoms with Crippen molar-refractivity contribution in [3.05, 3.63) is 34.9 Å². The van der Waals surface area contributed by atoms with Crippen LogP contribution in [0.25, 0.3) is 0 Å². The fraction of sp³-hybridized carbons (Fsp3) is 0.588. The van der Waals surface area contributed by atoms with Gasteiger partial charge < -0.3 is 15.2 Å². The Hall–Kier alpha value is -1.39. The molecule has 0 fully saturated rings. The van der Waals surface area contributed by atoms with Gasteiger partial charge in [0.05, 0.1) is 6.42 Å². The molecule has 1 unspecified atom stereocenters. The minimum Gasteiger partial charge on any atom is -0.481 e. The summed E-state index contributed by atoms with van der Waals surface area (Å²) in [5.74, 6) is -0.762. The second-order valence-corrected chi connectivity index (χ2v) is 5.43. The van der Waals surface area contributed by atoms with Gasteiger partial charge in [0.1, 0.15) is 0 Å². The Morgan fingerprint density at radius 1 is 1.38 bits per heavy atom. The third-order valence-electron chi connectivity index (χ3n) is 3.49. The van der Waals surface area contributed by atoms with Crippen LogP contribution in [0.1, 0.15) is 36.5 Å². The number of aliphatic carboxylic acids is 1. The van der Waals surface area contributed by atoms with Crippen molar-refractivity contribution in [1.82, 2.24) is 5.32 Å². The molecule has 0 spiro atoms. The number of nitrogens with one attached hydrogen (secondary N) is 1. The molecule has 1 atom stereocenters. The molecule has 2 N–H and O–H groups in total.